The summed E-state index contributed by atoms with van der Waals surface area (Å²) < 4.78 is 39.7. The summed E-state index contributed by atoms with van der Waals surface area (Å²) in [5.41, 5.74) is 0.918. The number of imide groups is 1. The Hall–Kier alpha value is -3.60. The summed E-state index contributed by atoms with van der Waals surface area (Å²) in [5, 5.41) is 2.02. The van der Waals surface area contributed by atoms with E-state index >= 15 is 0 Å². The molecule has 0 spiro atoms. The number of ether oxygens (including phenoxy) is 3. The number of thioether (sulfide) groups is 1. The molecule has 1 heterocycles. The summed E-state index contributed by atoms with van der Waals surface area (Å²) in [4.78, 5) is 38.2. The first-order valence-corrected chi connectivity index (χ1v) is 10.5. The van der Waals surface area contributed by atoms with Gasteiger partial charge in [-0.15, -0.1) is 0 Å². The third kappa shape index (κ3) is 6.22. The number of benzene rings is 2. The third-order valence-electron chi connectivity index (χ3n) is 4.33. The number of methoxy groups -OCH3 is 1. The number of rotatable bonds is 9. The second-order valence-corrected chi connectivity index (χ2v) is 7.56. The van der Waals surface area contributed by atoms with Gasteiger partial charge in [-0.2, -0.15) is 8.78 Å². The fraction of sp³-hybridized carbons (Fsp3) is 0.227. The fourth-order valence-corrected chi connectivity index (χ4v) is 3.74. The van der Waals surface area contributed by atoms with Gasteiger partial charge in [0.05, 0.1) is 18.6 Å². The number of anilines is 1. The van der Waals surface area contributed by atoms with Gasteiger partial charge in [0.25, 0.3) is 11.1 Å². The molecular formula is C22H20F2N2O6S. The van der Waals surface area contributed by atoms with E-state index < -0.39 is 30.2 Å². The minimum absolute atomic E-state index is 0.0398. The number of halogens is 2. The highest BCUT2D eigenvalue weighted by Gasteiger charge is 2.36. The van der Waals surface area contributed by atoms with Crippen molar-refractivity contribution in [2.24, 2.45) is 0 Å². The molecule has 1 aliphatic heterocycles. The van der Waals surface area contributed by atoms with Gasteiger partial charge >= 0.3 is 6.61 Å². The highest BCUT2D eigenvalue weighted by molar-refractivity contribution is 8.18. The largest absolute Gasteiger partial charge is 0.494 e. The normalized spacial score (nSPS) is 14.7. The monoisotopic (exact) mass is 478 g/mol. The Morgan fingerprint density at radius 2 is 1.88 bits per heavy atom. The van der Waals surface area contributed by atoms with Crippen molar-refractivity contribution in [3.8, 4) is 17.2 Å². The number of alkyl halides is 2. The molecule has 8 nitrogen and oxygen atoms in total. The molecule has 174 valence electrons. The second kappa shape index (κ2) is 10.8. The van der Waals surface area contributed by atoms with Crippen molar-refractivity contribution < 1.29 is 37.4 Å². The molecule has 33 heavy (non-hydrogen) atoms. The van der Waals surface area contributed by atoms with E-state index in [1.165, 1.54) is 31.4 Å². The highest BCUT2D eigenvalue weighted by atomic mass is 32.2. The molecule has 2 aromatic carbocycles. The lowest BCUT2D eigenvalue weighted by atomic mass is 10.2. The van der Waals surface area contributed by atoms with Crippen LogP contribution in [0.15, 0.2) is 47.4 Å². The van der Waals surface area contributed by atoms with Crippen LogP contribution in [0.1, 0.15) is 12.5 Å². The summed E-state index contributed by atoms with van der Waals surface area (Å²) in [7, 11) is 1.29. The number of carbonyl (C=O) groups excluding carboxylic acids is 3. The van der Waals surface area contributed by atoms with Gasteiger partial charge in [0.1, 0.15) is 12.3 Å². The van der Waals surface area contributed by atoms with E-state index in [2.05, 4.69) is 10.1 Å². The van der Waals surface area contributed by atoms with Crippen LogP contribution in [0.3, 0.4) is 0 Å². The number of hydrogen-bond acceptors (Lipinski definition) is 7. The first-order valence-electron chi connectivity index (χ1n) is 9.71. The molecule has 1 aliphatic rings. The predicted octanol–water partition coefficient (Wildman–Crippen LogP) is 4.37. The van der Waals surface area contributed by atoms with Crippen molar-refractivity contribution in [2.45, 2.75) is 13.5 Å². The first-order chi connectivity index (χ1) is 15.8. The number of nitrogens with zero attached hydrogens (tertiary/aromatic N) is 1. The molecule has 2 aromatic rings. The van der Waals surface area contributed by atoms with Crippen LogP contribution in [0.4, 0.5) is 19.3 Å². The van der Waals surface area contributed by atoms with Gasteiger partial charge in [-0.3, -0.25) is 19.3 Å². The van der Waals surface area contributed by atoms with Crippen LogP contribution < -0.4 is 19.5 Å². The zero-order chi connectivity index (χ0) is 24.0. The molecule has 0 radical (unpaired) electrons. The average Bonchev–Trinajstić information content (AvgIpc) is 3.03. The van der Waals surface area contributed by atoms with Gasteiger partial charge in [0.2, 0.25) is 5.91 Å². The standard InChI is InChI=1S/C22H20F2N2O6S/c1-3-31-15-7-5-14(6-8-15)25-19(27)12-26-20(28)18(33-22(26)29)11-13-4-9-16(32-21(23)24)17(10-13)30-2/h4-11,21H,3,12H2,1-2H3,(H,25,27)/b18-11-. The van der Waals surface area contributed by atoms with Gasteiger partial charge < -0.3 is 19.5 Å². The van der Waals surface area contributed by atoms with Gasteiger partial charge in [0, 0.05) is 5.69 Å². The van der Waals surface area contributed by atoms with Gasteiger partial charge in [-0.05, 0) is 66.7 Å². The van der Waals surface area contributed by atoms with Crippen LogP contribution in [0.2, 0.25) is 0 Å². The highest BCUT2D eigenvalue weighted by Crippen LogP contribution is 2.35. The van der Waals surface area contributed by atoms with Crippen molar-refractivity contribution in [1.29, 1.82) is 0 Å². The van der Waals surface area contributed by atoms with E-state index in [-0.39, 0.29) is 16.4 Å². The van der Waals surface area contributed by atoms with Crippen LogP contribution in [-0.2, 0) is 9.59 Å². The minimum atomic E-state index is -3.02. The van der Waals surface area contributed by atoms with Crippen LogP contribution >= 0.6 is 11.8 Å². The van der Waals surface area contributed by atoms with Crippen LogP contribution in [0, 0.1) is 0 Å². The lowest BCUT2D eigenvalue weighted by Crippen LogP contribution is -2.36. The van der Waals surface area contributed by atoms with Gasteiger partial charge in [0.15, 0.2) is 11.5 Å². The van der Waals surface area contributed by atoms with Crippen molar-refractivity contribution >= 4 is 40.6 Å². The second-order valence-electron chi connectivity index (χ2n) is 6.56. The molecule has 1 saturated heterocycles. The van der Waals surface area contributed by atoms with E-state index in [1.807, 2.05) is 6.92 Å². The lowest BCUT2D eigenvalue weighted by Gasteiger charge is -2.13. The van der Waals surface area contributed by atoms with Crippen LogP contribution in [0.25, 0.3) is 6.08 Å². The predicted molar refractivity (Wildman–Crippen MR) is 119 cm³/mol. The zero-order valence-electron chi connectivity index (χ0n) is 17.7. The molecule has 0 aliphatic carbocycles. The van der Waals surface area contributed by atoms with E-state index in [4.69, 9.17) is 9.47 Å². The molecule has 0 aromatic heterocycles. The van der Waals surface area contributed by atoms with Crippen LogP contribution in [-0.4, -0.2) is 48.8 Å². The molecule has 0 atom stereocenters. The Morgan fingerprint density at radius 1 is 1.15 bits per heavy atom. The molecule has 1 fully saturated rings. The Balaban J connectivity index is 1.67. The molecule has 11 heteroatoms. The van der Waals surface area contributed by atoms with Crippen molar-refractivity contribution in [3.05, 3.63) is 52.9 Å². The number of amides is 3. The molecule has 1 N–H and O–H groups in total. The SMILES string of the molecule is CCOc1ccc(NC(=O)CN2C(=O)S/C(=C\c3ccc(OC(F)F)c(OC)c3)C2=O)cc1. The quantitative estimate of drug-likeness (QED) is 0.535. The Labute approximate surface area is 192 Å². The number of carbonyl (C=O) groups is 3. The van der Waals surface area contributed by atoms with E-state index in [0.29, 0.717) is 35.4 Å². The van der Waals surface area contributed by atoms with Crippen molar-refractivity contribution in [2.75, 3.05) is 25.6 Å². The molecule has 3 amide bonds. The molecule has 0 unspecified atom stereocenters. The number of nitrogens with one attached hydrogen (secondary N) is 1. The summed E-state index contributed by atoms with van der Waals surface area (Å²) in [6.07, 6.45) is 1.41. The van der Waals surface area contributed by atoms with E-state index in [9.17, 15) is 23.2 Å². The molecule has 0 saturated carbocycles. The van der Waals surface area contributed by atoms with Crippen molar-refractivity contribution in [3.63, 3.8) is 0 Å². The Kier molecular flexibility index (Phi) is 7.88. The summed E-state index contributed by atoms with van der Waals surface area (Å²) in [5.74, 6) is -0.657. The maximum Gasteiger partial charge on any atom is 0.387 e. The summed E-state index contributed by atoms with van der Waals surface area (Å²) in [6.45, 7) is -1.11. The minimum Gasteiger partial charge on any atom is -0.494 e. The zero-order valence-corrected chi connectivity index (χ0v) is 18.5. The molecule has 0 bridgehead atoms. The molecule has 3 rings (SSSR count). The van der Waals surface area contributed by atoms with Gasteiger partial charge in [-0.25, -0.2) is 0 Å². The maximum atomic E-state index is 12.7. The number of hydrogen-bond donors (Lipinski definition) is 1. The smallest absolute Gasteiger partial charge is 0.387 e. The lowest BCUT2D eigenvalue weighted by molar-refractivity contribution is -0.127. The first kappa shape index (κ1) is 24.1. The topological polar surface area (TPSA) is 94.2 Å². The van der Waals surface area contributed by atoms with Crippen LogP contribution in [0.5, 0.6) is 17.2 Å². The Bertz CT molecular complexity index is 1080. The van der Waals surface area contributed by atoms with E-state index in [0.717, 1.165) is 4.90 Å². The fourth-order valence-electron chi connectivity index (χ4n) is 2.90. The van der Waals surface area contributed by atoms with E-state index in [1.54, 1.807) is 24.3 Å². The summed E-state index contributed by atoms with van der Waals surface area (Å²) >= 11 is 0.671. The maximum absolute atomic E-state index is 12.7. The summed E-state index contributed by atoms with van der Waals surface area (Å²) in [6, 6.07) is 10.8. The average molecular weight is 478 g/mol. The molecular weight excluding hydrogens is 458 g/mol. The third-order valence-corrected chi connectivity index (χ3v) is 5.23. The van der Waals surface area contributed by atoms with Crippen molar-refractivity contribution in [1.82, 2.24) is 4.90 Å². The van der Waals surface area contributed by atoms with Gasteiger partial charge in [-0.1, -0.05) is 6.07 Å². The Morgan fingerprint density at radius 3 is 2.52 bits per heavy atom.